The zero-order valence-electron chi connectivity index (χ0n) is 20.8. The van der Waals surface area contributed by atoms with E-state index in [2.05, 4.69) is 6.92 Å². The van der Waals surface area contributed by atoms with Gasteiger partial charge in [0.25, 0.3) is 0 Å². The Morgan fingerprint density at radius 1 is 0.913 bits per heavy atom. The summed E-state index contributed by atoms with van der Waals surface area (Å²) in [4.78, 5) is 0.233. The number of rotatable bonds is 16. The lowest BCUT2D eigenvalue weighted by atomic mass is 10.0. The Labute approximate surface area is 153 Å². The van der Waals surface area contributed by atoms with E-state index in [0.717, 1.165) is 19.3 Å². The van der Waals surface area contributed by atoms with Gasteiger partial charge >= 0.3 is 0 Å². The molecule has 0 radical (unpaired) electrons. The van der Waals surface area contributed by atoms with E-state index in [4.69, 9.17) is 8.22 Å². The molecule has 0 aliphatic carbocycles. The largest absolute Gasteiger partial charge is 0.395 e. The number of hydrogen-bond donors (Lipinski definition) is 2. The fourth-order valence-corrected chi connectivity index (χ4v) is 2.63. The van der Waals surface area contributed by atoms with E-state index in [1.807, 2.05) is 0 Å². The Bertz CT molecular complexity index is 412. The molecule has 0 aliphatic rings. The highest BCUT2D eigenvalue weighted by molar-refractivity contribution is 4.94. The molecule has 0 aromatic carbocycles. The standard InChI is InChI=1S/C20H41NO2/c1-4-5-6-7-8-9-10-11-12-13-14-15-16-17-20(23)19(18-22)21(2)3/h16-17,19-20,22-23H,4-15,18H2,1-3H3/b17-16+/t19-,20+/m0/s1/i2D3,3D3. The van der Waals surface area contributed by atoms with Gasteiger partial charge in [-0.05, 0) is 26.8 Å². The molecule has 2 N–H and O–H groups in total. The smallest absolute Gasteiger partial charge is 0.0898 e. The quantitative estimate of drug-likeness (QED) is 0.322. The van der Waals surface area contributed by atoms with E-state index >= 15 is 0 Å². The molecule has 3 nitrogen and oxygen atoms in total. The number of aliphatic hydroxyl groups is 2. The molecule has 0 aromatic heterocycles. The minimum atomic E-state index is -2.94. The predicted molar refractivity (Wildman–Crippen MR) is 101 cm³/mol. The van der Waals surface area contributed by atoms with Crippen LogP contribution in [0.4, 0.5) is 0 Å². The third-order valence-corrected chi connectivity index (χ3v) is 4.22. The molecule has 0 aliphatic heterocycles. The lowest BCUT2D eigenvalue weighted by Crippen LogP contribution is -2.40. The van der Waals surface area contributed by atoms with Gasteiger partial charge < -0.3 is 15.1 Å². The van der Waals surface area contributed by atoms with Gasteiger partial charge in [0, 0.05) is 8.22 Å². The lowest BCUT2D eigenvalue weighted by Gasteiger charge is -2.25. The molecule has 23 heavy (non-hydrogen) atoms. The van der Waals surface area contributed by atoms with Gasteiger partial charge in [-0.1, -0.05) is 83.3 Å². The predicted octanol–water partition coefficient (Wildman–Crippen LogP) is 4.53. The van der Waals surface area contributed by atoms with E-state index in [1.165, 1.54) is 63.9 Å². The molecule has 0 amide bonds. The Hall–Kier alpha value is -0.380. The molecular weight excluding hydrogens is 286 g/mol. The Balaban J connectivity index is 4.10. The van der Waals surface area contributed by atoms with Crippen molar-refractivity contribution >= 4 is 0 Å². The third kappa shape index (κ3) is 13.7. The maximum absolute atomic E-state index is 10.2. The molecule has 2 atom stereocenters. The second-order valence-corrected chi connectivity index (χ2v) is 6.36. The second kappa shape index (κ2) is 16.5. The molecule has 0 spiro atoms. The Morgan fingerprint density at radius 2 is 1.43 bits per heavy atom. The van der Waals surface area contributed by atoms with Crippen LogP contribution in [0.5, 0.6) is 0 Å². The van der Waals surface area contributed by atoms with E-state index in [9.17, 15) is 10.2 Å². The summed E-state index contributed by atoms with van der Waals surface area (Å²) in [6, 6.07) is -1.41. The number of nitrogens with zero attached hydrogens (tertiary/aromatic N) is 1. The highest BCUT2D eigenvalue weighted by Crippen LogP contribution is 2.12. The molecule has 0 bridgehead atoms. The van der Waals surface area contributed by atoms with Gasteiger partial charge in [-0.25, -0.2) is 0 Å². The monoisotopic (exact) mass is 333 g/mol. The molecule has 0 aromatic rings. The average Bonchev–Trinajstić information content (AvgIpc) is 2.61. The molecule has 0 saturated carbocycles. The van der Waals surface area contributed by atoms with Crippen molar-refractivity contribution in [2.75, 3.05) is 20.6 Å². The summed E-state index contributed by atoms with van der Waals surface area (Å²) in [6.45, 7) is -4.42. The van der Waals surface area contributed by atoms with Crippen molar-refractivity contribution in [3.8, 4) is 0 Å². The maximum Gasteiger partial charge on any atom is 0.0898 e. The first-order valence-electron chi connectivity index (χ1n) is 12.3. The van der Waals surface area contributed by atoms with Crippen LogP contribution in [0.25, 0.3) is 0 Å². The maximum atomic E-state index is 10.2. The number of allylic oxidation sites excluding steroid dienone is 1. The molecule has 0 unspecified atom stereocenters. The van der Waals surface area contributed by atoms with Crippen molar-refractivity contribution in [3.05, 3.63) is 12.2 Å². The summed E-state index contributed by atoms with van der Waals surface area (Å²) in [5.41, 5.74) is 0. The van der Waals surface area contributed by atoms with Gasteiger partial charge in [0.1, 0.15) is 0 Å². The molecule has 0 heterocycles. The van der Waals surface area contributed by atoms with Crippen LogP contribution < -0.4 is 0 Å². The van der Waals surface area contributed by atoms with Crippen molar-refractivity contribution < 1.29 is 18.4 Å². The van der Waals surface area contributed by atoms with Gasteiger partial charge in [0.15, 0.2) is 0 Å². The normalized spacial score (nSPS) is 19.7. The van der Waals surface area contributed by atoms with E-state index in [1.54, 1.807) is 6.08 Å². The summed E-state index contributed by atoms with van der Waals surface area (Å²) >= 11 is 0. The van der Waals surface area contributed by atoms with Crippen LogP contribution in [0.15, 0.2) is 12.2 Å². The first kappa shape index (κ1) is 13.9. The van der Waals surface area contributed by atoms with Crippen LogP contribution in [-0.4, -0.2) is 47.8 Å². The van der Waals surface area contributed by atoms with Crippen LogP contribution in [-0.2, 0) is 0 Å². The average molecular weight is 334 g/mol. The highest BCUT2D eigenvalue weighted by Gasteiger charge is 2.17. The zero-order chi connectivity index (χ0) is 22.3. The van der Waals surface area contributed by atoms with Gasteiger partial charge in [-0.15, -0.1) is 0 Å². The minimum absolute atomic E-state index is 0.233. The SMILES string of the molecule is [2H]C([2H])([2H])N([C@@H](CO)[C@H](O)/C=C/CCCCCCCCCCCCC)C([2H])([2H])[2H]. The first-order valence-corrected chi connectivity index (χ1v) is 9.30. The van der Waals surface area contributed by atoms with Crippen molar-refractivity contribution in [3.63, 3.8) is 0 Å². The van der Waals surface area contributed by atoms with E-state index in [0.29, 0.717) is 0 Å². The molecule has 0 rings (SSSR count). The lowest BCUT2D eigenvalue weighted by molar-refractivity contribution is 0.0672. The topological polar surface area (TPSA) is 43.7 Å². The first-order chi connectivity index (χ1) is 13.6. The fraction of sp³-hybridized carbons (Fsp3) is 0.900. The van der Waals surface area contributed by atoms with Crippen LogP contribution >= 0.6 is 0 Å². The second-order valence-electron chi connectivity index (χ2n) is 6.36. The summed E-state index contributed by atoms with van der Waals surface area (Å²) in [6.07, 6.45) is 16.2. The Kier molecular flexibility index (Phi) is 9.93. The zero-order valence-corrected chi connectivity index (χ0v) is 14.8. The number of unbranched alkanes of at least 4 members (excludes halogenated alkanes) is 11. The summed E-state index contributed by atoms with van der Waals surface area (Å²) in [5, 5.41) is 19.7. The molecule has 0 saturated heterocycles. The highest BCUT2D eigenvalue weighted by atomic mass is 16.3. The number of likely N-dealkylation sites (N-methyl/N-ethyl adjacent to an activating group) is 1. The number of aliphatic hydroxyl groups excluding tert-OH is 2. The summed E-state index contributed by atoms with van der Waals surface area (Å²) < 4.78 is 44.4. The molecular formula is C20H41NO2. The van der Waals surface area contributed by atoms with E-state index in [-0.39, 0.29) is 4.90 Å². The van der Waals surface area contributed by atoms with Gasteiger partial charge in [-0.2, -0.15) is 0 Å². The van der Waals surface area contributed by atoms with Crippen LogP contribution in [0.3, 0.4) is 0 Å². The van der Waals surface area contributed by atoms with Crippen LogP contribution in [0.2, 0.25) is 0 Å². The molecule has 0 fully saturated rings. The van der Waals surface area contributed by atoms with Crippen LogP contribution in [0.1, 0.15) is 92.2 Å². The molecule has 3 heteroatoms. The van der Waals surface area contributed by atoms with Gasteiger partial charge in [0.05, 0.1) is 18.8 Å². The summed E-state index contributed by atoms with van der Waals surface area (Å²) in [5.74, 6) is 0. The van der Waals surface area contributed by atoms with Crippen LogP contribution in [0, 0.1) is 0 Å². The third-order valence-electron chi connectivity index (χ3n) is 4.22. The van der Waals surface area contributed by atoms with Crippen molar-refractivity contribution in [2.45, 2.75) is 96.1 Å². The van der Waals surface area contributed by atoms with E-state index < -0.39 is 32.7 Å². The fourth-order valence-electron chi connectivity index (χ4n) is 2.63. The summed E-state index contributed by atoms with van der Waals surface area (Å²) in [7, 11) is 0. The minimum Gasteiger partial charge on any atom is -0.395 e. The van der Waals surface area contributed by atoms with Crippen molar-refractivity contribution in [1.29, 1.82) is 0 Å². The van der Waals surface area contributed by atoms with Crippen molar-refractivity contribution in [2.24, 2.45) is 0 Å². The molecule has 138 valence electrons. The van der Waals surface area contributed by atoms with Crippen molar-refractivity contribution in [1.82, 2.24) is 4.90 Å². The van der Waals surface area contributed by atoms with Gasteiger partial charge in [0.2, 0.25) is 0 Å². The number of hydrogen-bond acceptors (Lipinski definition) is 3. The Morgan fingerprint density at radius 3 is 1.91 bits per heavy atom. The van der Waals surface area contributed by atoms with Gasteiger partial charge in [-0.3, -0.25) is 0 Å².